The van der Waals surface area contributed by atoms with Crippen molar-refractivity contribution in [3.8, 4) is 0 Å². The van der Waals surface area contributed by atoms with Crippen LogP contribution in [0, 0.1) is 5.92 Å². The van der Waals surface area contributed by atoms with E-state index in [1.807, 2.05) is 7.05 Å². The molecule has 0 bridgehead atoms. The van der Waals surface area contributed by atoms with Crippen LogP contribution in [0.5, 0.6) is 0 Å². The Bertz CT molecular complexity index is 84.5. The molecule has 0 aromatic heterocycles. The van der Waals surface area contributed by atoms with Gasteiger partial charge in [-0.1, -0.05) is 13.3 Å². The second-order valence-corrected chi connectivity index (χ2v) is 3.14. The minimum Gasteiger partial charge on any atom is -0.318 e. The van der Waals surface area contributed by atoms with Gasteiger partial charge in [0.1, 0.15) is 0 Å². The SMILES string of the molecule is CCC1CN(CCNC)C1. The van der Waals surface area contributed by atoms with E-state index in [2.05, 4.69) is 17.1 Å². The topological polar surface area (TPSA) is 15.3 Å². The van der Waals surface area contributed by atoms with Gasteiger partial charge in [-0.05, 0) is 13.0 Å². The standard InChI is InChI=1S/C8H18N2/c1-3-8-6-10(7-8)5-4-9-2/h8-9H,3-7H2,1-2H3. The second-order valence-electron chi connectivity index (χ2n) is 3.14. The van der Waals surface area contributed by atoms with E-state index in [9.17, 15) is 0 Å². The molecule has 10 heavy (non-hydrogen) atoms. The smallest absolute Gasteiger partial charge is 0.0107 e. The summed E-state index contributed by atoms with van der Waals surface area (Å²) in [5, 5.41) is 3.16. The molecule has 2 nitrogen and oxygen atoms in total. The largest absolute Gasteiger partial charge is 0.318 e. The third-order valence-corrected chi connectivity index (χ3v) is 2.29. The van der Waals surface area contributed by atoms with Gasteiger partial charge in [0.15, 0.2) is 0 Å². The quantitative estimate of drug-likeness (QED) is 0.616. The fraction of sp³-hybridized carbons (Fsp3) is 1.00. The summed E-state index contributed by atoms with van der Waals surface area (Å²) in [6.45, 7) is 7.31. The molecule has 1 aliphatic rings. The molecule has 0 aromatic rings. The third-order valence-electron chi connectivity index (χ3n) is 2.29. The number of rotatable bonds is 4. The zero-order chi connectivity index (χ0) is 7.40. The third kappa shape index (κ3) is 1.96. The molecule has 60 valence electrons. The highest BCUT2D eigenvalue weighted by molar-refractivity contribution is 4.78. The maximum atomic E-state index is 3.16. The first-order valence-electron chi connectivity index (χ1n) is 4.23. The molecule has 1 rings (SSSR count). The number of nitrogens with zero attached hydrogens (tertiary/aromatic N) is 1. The van der Waals surface area contributed by atoms with Crippen molar-refractivity contribution in [3.63, 3.8) is 0 Å². The molecular weight excluding hydrogens is 124 g/mol. The summed E-state index contributed by atoms with van der Waals surface area (Å²) in [4.78, 5) is 2.50. The Morgan fingerprint density at radius 3 is 2.70 bits per heavy atom. The minimum absolute atomic E-state index is 0.997. The number of hydrogen-bond donors (Lipinski definition) is 1. The fourth-order valence-corrected chi connectivity index (χ4v) is 1.39. The Morgan fingerprint density at radius 1 is 1.50 bits per heavy atom. The molecule has 1 heterocycles. The molecule has 2 heteroatoms. The lowest BCUT2D eigenvalue weighted by Gasteiger charge is -2.38. The fourth-order valence-electron chi connectivity index (χ4n) is 1.39. The summed E-state index contributed by atoms with van der Waals surface area (Å²) in [6, 6.07) is 0. The van der Waals surface area contributed by atoms with Crippen molar-refractivity contribution < 1.29 is 0 Å². The molecule has 1 N–H and O–H groups in total. The summed E-state index contributed by atoms with van der Waals surface area (Å²) in [6.07, 6.45) is 1.36. The van der Waals surface area contributed by atoms with E-state index in [1.54, 1.807) is 0 Å². The molecule has 0 spiro atoms. The Hall–Kier alpha value is -0.0800. The molecular formula is C8H18N2. The monoisotopic (exact) mass is 142 g/mol. The average Bonchev–Trinajstić information content (AvgIpc) is 1.86. The van der Waals surface area contributed by atoms with Gasteiger partial charge in [0.25, 0.3) is 0 Å². The first kappa shape index (κ1) is 8.02. The van der Waals surface area contributed by atoms with Crippen LogP contribution in [0.2, 0.25) is 0 Å². The van der Waals surface area contributed by atoms with Crippen molar-refractivity contribution in [2.24, 2.45) is 5.92 Å². The van der Waals surface area contributed by atoms with Gasteiger partial charge in [-0.15, -0.1) is 0 Å². The first-order chi connectivity index (χ1) is 4.86. The molecule has 1 saturated heterocycles. The Morgan fingerprint density at radius 2 is 2.20 bits per heavy atom. The van der Waals surface area contributed by atoms with Crippen molar-refractivity contribution >= 4 is 0 Å². The van der Waals surface area contributed by atoms with Crippen molar-refractivity contribution in [3.05, 3.63) is 0 Å². The lowest BCUT2D eigenvalue weighted by molar-refractivity contribution is 0.0997. The van der Waals surface area contributed by atoms with Gasteiger partial charge < -0.3 is 10.2 Å². The zero-order valence-corrected chi connectivity index (χ0v) is 7.06. The minimum atomic E-state index is 0.997. The summed E-state index contributed by atoms with van der Waals surface area (Å²) >= 11 is 0. The van der Waals surface area contributed by atoms with E-state index in [-0.39, 0.29) is 0 Å². The molecule has 0 unspecified atom stereocenters. The van der Waals surface area contributed by atoms with Gasteiger partial charge in [0, 0.05) is 26.2 Å². The van der Waals surface area contributed by atoms with Crippen molar-refractivity contribution in [1.82, 2.24) is 10.2 Å². The van der Waals surface area contributed by atoms with E-state index in [4.69, 9.17) is 0 Å². The van der Waals surface area contributed by atoms with Crippen LogP contribution in [0.4, 0.5) is 0 Å². The predicted molar refractivity (Wildman–Crippen MR) is 44.1 cm³/mol. The molecule has 1 aliphatic heterocycles. The average molecular weight is 142 g/mol. The molecule has 0 amide bonds. The van der Waals surface area contributed by atoms with E-state index >= 15 is 0 Å². The van der Waals surface area contributed by atoms with E-state index in [0.29, 0.717) is 0 Å². The number of hydrogen-bond acceptors (Lipinski definition) is 2. The maximum absolute atomic E-state index is 3.16. The lowest BCUT2D eigenvalue weighted by Crippen LogP contribution is -2.48. The van der Waals surface area contributed by atoms with Gasteiger partial charge in [-0.3, -0.25) is 0 Å². The Balaban J connectivity index is 1.93. The summed E-state index contributed by atoms with van der Waals surface area (Å²) in [5.41, 5.74) is 0. The molecule has 0 saturated carbocycles. The molecule has 0 radical (unpaired) electrons. The number of nitrogens with one attached hydrogen (secondary N) is 1. The van der Waals surface area contributed by atoms with Crippen LogP contribution in [0.15, 0.2) is 0 Å². The van der Waals surface area contributed by atoms with E-state index < -0.39 is 0 Å². The van der Waals surface area contributed by atoms with Crippen LogP contribution in [0.1, 0.15) is 13.3 Å². The van der Waals surface area contributed by atoms with Crippen LogP contribution in [0.3, 0.4) is 0 Å². The predicted octanol–water partition coefficient (Wildman–Crippen LogP) is 0.548. The van der Waals surface area contributed by atoms with E-state index in [1.165, 1.54) is 26.1 Å². The molecule has 0 atom stereocenters. The van der Waals surface area contributed by atoms with Crippen LogP contribution < -0.4 is 5.32 Å². The van der Waals surface area contributed by atoms with Crippen molar-refractivity contribution in [2.45, 2.75) is 13.3 Å². The second kappa shape index (κ2) is 3.94. The van der Waals surface area contributed by atoms with Crippen LogP contribution in [0.25, 0.3) is 0 Å². The van der Waals surface area contributed by atoms with Crippen LogP contribution >= 0.6 is 0 Å². The first-order valence-corrected chi connectivity index (χ1v) is 4.23. The van der Waals surface area contributed by atoms with Crippen LogP contribution in [-0.4, -0.2) is 38.1 Å². The zero-order valence-electron chi connectivity index (χ0n) is 7.06. The van der Waals surface area contributed by atoms with Gasteiger partial charge in [0.05, 0.1) is 0 Å². The number of likely N-dealkylation sites (N-methyl/N-ethyl adjacent to an activating group) is 1. The molecule has 1 fully saturated rings. The highest BCUT2D eigenvalue weighted by atomic mass is 15.2. The molecule has 0 aromatic carbocycles. The van der Waals surface area contributed by atoms with Gasteiger partial charge in [-0.25, -0.2) is 0 Å². The molecule has 0 aliphatic carbocycles. The summed E-state index contributed by atoms with van der Waals surface area (Å²) in [7, 11) is 2.01. The van der Waals surface area contributed by atoms with Gasteiger partial charge in [-0.2, -0.15) is 0 Å². The lowest BCUT2D eigenvalue weighted by atomic mass is 9.98. The highest BCUT2D eigenvalue weighted by Crippen LogP contribution is 2.16. The Labute approximate surface area is 63.6 Å². The van der Waals surface area contributed by atoms with Crippen molar-refractivity contribution in [1.29, 1.82) is 0 Å². The van der Waals surface area contributed by atoms with Gasteiger partial charge in [0.2, 0.25) is 0 Å². The summed E-state index contributed by atoms with van der Waals surface area (Å²) in [5.74, 6) is 0.997. The summed E-state index contributed by atoms with van der Waals surface area (Å²) < 4.78 is 0. The number of likely N-dealkylation sites (tertiary alicyclic amines) is 1. The maximum Gasteiger partial charge on any atom is 0.0107 e. The Kier molecular flexibility index (Phi) is 3.16. The highest BCUT2D eigenvalue weighted by Gasteiger charge is 2.23. The van der Waals surface area contributed by atoms with E-state index in [0.717, 1.165) is 12.5 Å². The van der Waals surface area contributed by atoms with Crippen LogP contribution in [-0.2, 0) is 0 Å². The normalized spacial score (nSPS) is 21.0. The van der Waals surface area contributed by atoms with Crippen molar-refractivity contribution in [2.75, 3.05) is 33.2 Å². The van der Waals surface area contributed by atoms with Gasteiger partial charge >= 0.3 is 0 Å².